The molecule has 0 N–H and O–H groups in total. The number of nitrogens with zero attached hydrogens (tertiary/aromatic N) is 6. The highest BCUT2D eigenvalue weighted by molar-refractivity contribution is 9.10. The second kappa shape index (κ2) is 10.5. The second-order valence-electron chi connectivity index (χ2n) is 9.18. The van der Waals surface area contributed by atoms with Crippen LogP contribution in [0.15, 0.2) is 52.2 Å². The fourth-order valence-electron chi connectivity index (χ4n) is 4.23. The fraction of sp³-hybridized carbons (Fsp3) is 0.269. The molecular weight excluding hydrogens is 639 g/mol. The van der Waals surface area contributed by atoms with E-state index in [4.69, 9.17) is 9.47 Å². The first kappa shape index (κ1) is 27.0. The van der Waals surface area contributed by atoms with Crippen molar-refractivity contribution in [3.63, 3.8) is 0 Å². The summed E-state index contributed by atoms with van der Waals surface area (Å²) in [6, 6.07) is 5.73. The third-order valence-electron chi connectivity index (χ3n) is 6.19. The van der Waals surface area contributed by atoms with E-state index in [0.29, 0.717) is 48.5 Å². The lowest BCUT2D eigenvalue weighted by Crippen LogP contribution is -2.08. The number of aromatic nitrogens is 5. The van der Waals surface area contributed by atoms with Gasteiger partial charge in [-0.2, -0.15) is 5.10 Å². The molecule has 0 unspecified atom stereocenters. The van der Waals surface area contributed by atoms with Crippen molar-refractivity contribution < 1.29 is 18.8 Å². The van der Waals surface area contributed by atoms with Gasteiger partial charge in [0.05, 0.1) is 10.2 Å². The smallest absolute Gasteiger partial charge is 0.406 e. The summed E-state index contributed by atoms with van der Waals surface area (Å²) < 4.78 is 30.9. The summed E-state index contributed by atoms with van der Waals surface area (Å²) in [5.41, 5.74) is 3.59. The van der Waals surface area contributed by atoms with Crippen molar-refractivity contribution in [3.8, 4) is 22.9 Å². The number of nitro groups is 1. The molecule has 1 fully saturated rings. The standard InChI is InChI=1S/C26H23Br2FN6O4/c1-13(24-22(28)26(32-34(24)4)39-17-6-7-17)20-12-33(3)31-23(20)18-8-5-16(29)10-19(18)14(2)38-21-9-15(27)11-30-25(21)35(36)37/h5,8-12,14,17H,1,6-7H2,2-4H3/t14-/m1/s1. The Hall–Kier alpha value is -3.58. The molecule has 5 rings (SSSR count). The molecule has 0 saturated heterocycles. The molecule has 3 heterocycles. The minimum atomic E-state index is -0.796. The van der Waals surface area contributed by atoms with Crippen molar-refractivity contribution >= 4 is 43.3 Å². The highest BCUT2D eigenvalue weighted by Gasteiger charge is 2.29. The third kappa shape index (κ3) is 5.46. The molecule has 0 aliphatic heterocycles. The van der Waals surface area contributed by atoms with Gasteiger partial charge in [-0.1, -0.05) is 6.58 Å². The number of hydrogen-bond donors (Lipinski definition) is 0. The number of halogens is 3. The highest BCUT2D eigenvalue weighted by Crippen LogP contribution is 2.41. The normalized spacial score (nSPS) is 13.8. The van der Waals surface area contributed by atoms with Crippen molar-refractivity contribution in [2.24, 2.45) is 14.1 Å². The van der Waals surface area contributed by atoms with E-state index in [1.54, 1.807) is 36.4 Å². The molecule has 0 spiro atoms. The van der Waals surface area contributed by atoms with E-state index in [2.05, 4.69) is 53.6 Å². The quantitative estimate of drug-likeness (QED) is 0.148. The Morgan fingerprint density at radius 1 is 1.26 bits per heavy atom. The molecule has 0 bridgehead atoms. The summed E-state index contributed by atoms with van der Waals surface area (Å²) in [6.07, 6.45) is 4.51. The maximum absolute atomic E-state index is 14.5. The van der Waals surface area contributed by atoms with Crippen LogP contribution < -0.4 is 9.47 Å². The summed E-state index contributed by atoms with van der Waals surface area (Å²) in [7, 11) is 3.58. The Morgan fingerprint density at radius 2 is 2.00 bits per heavy atom. The van der Waals surface area contributed by atoms with E-state index in [9.17, 15) is 14.5 Å². The number of pyridine rings is 1. The van der Waals surface area contributed by atoms with Crippen LogP contribution in [0.1, 0.15) is 42.7 Å². The first-order chi connectivity index (χ1) is 18.5. The molecule has 0 radical (unpaired) electrons. The second-order valence-corrected chi connectivity index (χ2v) is 10.9. The molecule has 1 aliphatic carbocycles. The van der Waals surface area contributed by atoms with Crippen LogP contribution in [0.4, 0.5) is 10.2 Å². The average Bonchev–Trinajstić information content (AvgIpc) is 3.54. The first-order valence-corrected chi connectivity index (χ1v) is 13.5. The van der Waals surface area contributed by atoms with E-state index in [0.717, 1.165) is 12.8 Å². The molecular formula is C26H23Br2FN6O4. The number of aryl methyl sites for hydroxylation is 2. The summed E-state index contributed by atoms with van der Waals surface area (Å²) in [5, 5.41) is 20.7. The third-order valence-corrected chi connectivity index (χ3v) is 7.33. The molecule has 13 heteroatoms. The van der Waals surface area contributed by atoms with Crippen LogP contribution in [0, 0.1) is 15.9 Å². The van der Waals surface area contributed by atoms with Crippen molar-refractivity contribution in [2.45, 2.75) is 32.0 Å². The topological polar surface area (TPSA) is 110 Å². The summed E-state index contributed by atoms with van der Waals surface area (Å²) >= 11 is 6.89. The van der Waals surface area contributed by atoms with Gasteiger partial charge >= 0.3 is 5.82 Å². The van der Waals surface area contributed by atoms with Crippen LogP contribution in [0.25, 0.3) is 16.8 Å². The zero-order chi connectivity index (χ0) is 28.0. The molecule has 4 aromatic rings. The Balaban J connectivity index is 1.55. The minimum absolute atomic E-state index is 0.0512. The lowest BCUT2D eigenvalue weighted by molar-refractivity contribution is -0.390. The molecule has 1 aliphatic rings. The van der Waals surface area contributed by atoms with Crippen LogP contribution in [0.5, 0.6) is 11.6 Å². The van der Waals surface area contributed by atoms with Gasteiger partial charge in [0.15, 0.2) is 6.20 Å². The lowest BCUT2D eigenvalue weighted by atomic mass is 9.95. The Labute approximate surface area is 239 Å². The molecule has 1 aromatic carbocycles. The predicted molar refractivity (Wildman–Crippen MR) is 149 cm³/mol. The van der Waals surface area contributed by atoms with Gasteiger partial charge < -0.3 is 19.6 Å². The molecule has 10 nitrogen and oxygen atoms in total. The maximum Gasteiger partial charge on any atom is 0.406 e. The molecule has 39 heavy (non-hydrogen) atoms. The van der Waals surface area contributed by atoms with Crippen LogP contribution in [0.3, 0.4) is 0 Å². The monoisotopic (exact) mass is 660 g/mol. The average molecular weight is 662 g/mol. The summed E-state index contributed by atoms with van der Waals surface area (Å²) in [5.74, 6) is -0.487. The number of hydrogen-bond acceptors (Lipinski definition) is 7. The van der Waals surface area contributed by atoms with Crippen molar-refractivity contribution in [1.29, 1.82) is 0 Å². The van der Waals surface area contributed by atoms with Crippen LogP contribution in [-0.4, -0.2) is 35.6 Å². The van der Waals surface area contributed by atoms with Gasteiger partial charge in [-0.3, -0.25) is 9.36 Å². The number of benzene rings is 1. The summed E-state index contributed by atoms with van der Waals surface area (Å²) in [4.78, 5) is 14.7. The van der Waals surface area contributed by atoms with Crippen molar-refractivity contribution in [3.05, 3.63) is 84.9 Å². The molecule has 0 amide bonds. The minimum Gasteiger partial charge on any atom is -0.478 e. The molecule has 202 valence electrons. The zero-order valence-corrected chi connectivity index (χ0v) is 24.4. The van der Waals surface area contributed by atoms with Gasteiger partial charge in [0, 0.05) is 48.6 Å². The van der Waals surface area contributed by atoms with Crippen LogP contribution in [-0.2, 0) is 14.1 Å². The van der Waals surface area contributed by atoms with Gasteiger partial charge in [-0.15, -0.1) is 5.10 Å². The van der Waals surface area contributed by atoms with Gasteiger partial charge in [0.25, 0.3) is 0 Å². The van der Waals surface area contributed by atoms with Crippen LogP contribution in [0.2, 0.25) is 0 Å². The molecule has 3 aromatic heterocycles. The van der Waals surface area contributed by atoms with E-state index in [-0.39, 0.29) is 11.9 Å². The largest absolute Gasteiger partial charge is 0.478 e. The van der Waals surface area contributed by atoms with Gasteiger partial charge in [0.2, 0.25) is 11.6 Å². The fourth-order valence-corrected chi connectivity index (χ4v) is 5.21. The zero-order valence-electron chi connectivity index (χ0n) is 21.2. The maximum atomic E-state index is 14.5. The first-order valence-electron chi connectivity index (χ1n) is 11.9. The van der Waals surface area contributed by atoms with Gasteiger partial charge in [-0.25, -0.2) is 4.39 Å². The molecule has 1 saturated carbocycles. The Bertz CT molecular complexity index is 1610. The number of rotatable bonds is 9. The van der Waals surface area contributed by atoms with E-state index < -0.39 is 22.7 Å². The van der Waals surface area contributed by atoms with E-state index in [1.165, 1.54) is 24.4 Å². The van der Waals surface area contributed by atoms with E-state index >= 15 is 0 Å². The Morgan fingerprint density at radius 3 is 2.69 bits per heavy atom. The van der Waals surface area contributed by atoms with Gasteiger partial charge in [-0.05, 0) is 79.7 Å². The highest BCUT2D eigenvalue weighted by atomic mass is 79.9. The van der Waals surface area contributed by atoms with Crippen molar-refractivity contribution in [2.75, 3.05) is 0 Å². The van der Waals surface area contributed by atoms with E-state index in [1.807, 2.05) is 6.20 Å². The predicted octanol–water partition coefficient (Wildman–Crippen LogP) is 6.53. The lowest BCUT2D eigenvalue weighted by Gasteiger charge is -2.19. The number of ether oxygens (including phenoxy) is 2. The SMILES string of the molecule is C=C(c1cn(C)nc1-c1ccc(F)cc1[C@@H](C)Oc1cc(Br)cnc1[N+](=O)[O-])c1c(Br)c(OC2CC2)nn1C. The Kier molecular flexibility index (Phi) is 7.29. The summed E-state index contributed by atoms with van der Waals surface area (Å²) in [6.45, 7) is 6.01. The van der Waals surface area contributed by atoms with Crippen LogP contribution >= 0.6 is 31.9 Å². The van der Waals surface area contributed by atoms with Gasteiger partial charge in [0.1, 0.15) is 28.2 Å². The van der Waals surface area contributed by atoms with Crippen molar-refractivity contribution in [1.82, 2.24) is 24.5 Å². The molecule has 1 atom stereocenters.